The van der Waals surface area contributed by atoms with Gasteiger partial charge in [-0.05, 0) is 12.1 Å². The maximum Gasteiger partial charge on any atom is 0.176 e. The molecule has 1 aromatic rings. The molecule has 0 heterocycles. The van der Waals surface area contributed by atoms with Crippen molar-refractivity contribution in [1.29, 1.82) is 5.26 Å². The lowest BCUT2D eigenvalue weighted by molar-refractivity contribution is 0.112. The van der Waals surface area contributed by atoms with Gasteiger partial charge >= 0.3 is 0 Å². The highest BCUT2D eigenvalue weighted by atomic mass is 16.5. The fraction of sp³-hybridized carbons (Fsp3) is 0.231. The van der Waals surface area contributed by atoms with Gasteiger partial charge in [0.25, 0.3) is 0 Å². The van der Waals surface area contributed by atoms with E-state index in [1.807, 2.05) is 6.07 Å². The minimum Gasteiger partial charge on any atom is -0.493 e. The summed E-state index contributed by atoms with van der Waals surface area (Å²) in [6, 6.07) is 5.08. The number of aldehydes is 1. The van der Waals surface area contributed by atoms with E-state index >= 15 is 0 Å². The number of rotatable bonds is 3. The lowest BCUT2D eigenvalue weighted by Gasteiger charge is -2.09. The summed E-state index contributed by atoms with van der Waals surface area (Å²) in [5.41, 5.74) is 0.980. The van der Waals surface area contributed by atoms with Gasteiger partial charge < -0.3 is 9.47 Å². The SMILES string of the molecule is COc1cc(C=O)cc(C#CCC#N)c1OC. The Labute approximate surface area is 99.8 Å². The summed E-state index contributed by atoms with van der Waals surface area (Å²) in [6.07, 6.45) is 0.828. The highest BCUT2D eigenvalue weighted by Gasteiger charge is 2.10. The predicted molar refractivity (Wildman–Crippen MR) is 62.0 cm³/mol. The molecule has 0 bridgehead atoms. The van der Waals surface area contributed by atoms with E-state index in [9.17, 15) is 4.79 Å². The molecule has 0 N–H and O–H groups in total. The van der Waals surface area contributed by atoms with Gasteiger partial charge in [0.15, 0.2) is 11.5 Å². The summed E-state index contributed by atoms with van der Waals surface area (Å²) in [6.45, 7) is 0. The number of methoxy groups -OCH3 is 2. The summed E-state index contributed by atoms with van der Waals surface area (Å²) < 4.78 is 10.3. The Hall–Kier alpha value is -2.46. The molecule has 0 aliphatic heterocycles. The van der Waals surface area contributed by atoms with Crippen LogP contribution in [0.2, 0.25) is 0 Å². The van der Waals surface area contributed by atoms with Gasteiger partial charge in [0, 0.05) is 5.56 Å². The van der Waals surface area contributed by atoms with Gasteiger partial charge in [-0.3, -0.25) is 4.79 Å². The molecule has 86 valence electrons. The van der Waals surface area contributed by atoms with Crippen LogP contribution in [-0.4, -0.2) is 20.5 Å². The Morgan fingerprint density at radius 2 is 2.12 bits per heavy atom. The molecule has 4 heteroatoms. The molecule has 17 heavy (non-hydrogen) atoms. The average Bonchev–Trinajstić information content (AvgIpc) is 2.37. The fourth-order valence-corrected chi connectivity index (χ4v) is 1.33. The molecular formula is C13H11NO3. The monoisotopic (exact) mass is 229 g/mol. The van der Waals surface area contributed by atoms with Crippen molar-refractivity contribution < 1.29 is 14.3 Å². The average molecular weight is 229 g/mol. The molecule has 4 nitrogen and oxygen atoms in total. The van der Waals surface area contributed by atoms with Crippen molar-refractivity contribution in [2.75, 3.05) is 14.2 Å². The first-order chi connectivity index (χ1) is 8.26. The molecule has 0 aliphatic carbocycles. The van der Waals surface area contributed by atoms with Gasteiger partial charge in [-0.25, -0.2) is 0 Å². The number of hydrogen-bond acceptors (Lipinski definition) is 4. The number of nitrogens with zero attached hydrogens (tertiary/aromatic N) is 1. The summed E-state index contributed by atoms with van der Waals surface area (Å²) in [4.78, 5) is 10.8. The van der Waals surface area contributed by atoms with Crippen LogP contribution in [0.3, 0.4) is 0 Å². The first-order valence-electron chi connectivity index (χ1n) is 4.83. The molecule has 0 unspecified atom stereocenters. The van der Waals surface area contributed by atoms with Crippen molar-refractivity contribution in [2.24, 2.45) is 0 Å². The zero-order valence-electron chi connectivity index (χ0n) is 9.61. The van der Waals surface area contributed by atoms with Crippen LogP contribution in [0.25, 0.3) is 0 Å². The number of carbonyl (C=O) groups is 1. The quantitative estimate of drug-likeness (QED) is 0.585. The molecule has 1 aromatic carbocycles. The van der Waals surface area contributed by atoms with E-state index in [0.717, 1.165) is 0 Å². The second-order valence-corrected chi connectivity index (χ2v) is 3.06. The van der Waals surface area contributed by atoms with Crippen molar-refractivity contribution >= 4 is 6.29 Å². The first-order valence-corrected chi connectivity index (χ1v) is 4.83. The molecule has 0 amide bonds. The lowest BCUT2D eigenvalue weighted by Crippen LogP contribution is -1.96. The highest BCUT2D eigenvalue weighted by Crippen LogP contribution is 2.31. The summed E-state index contributed by atoms with van der Waals surface area (Å²) in [5.74, 6) is 6.35. The van der Waals surface area contributed by atoms with Crippen molar-refractivity contribution in [3.8, 4) is 29.4 Å². The van der Waals surface area contributed by atoms with E-state index in [0.29, 0.717) is 28.9 Å². The number of hydrogen-bond donors (Lipinski definition) is 0. The van der Waals surface area contributed by atoms with Gasteiger partial charge in [-0.1, -0.05) is 11.8 Å². The third-order valence-corrected chi connectivity index (χ3v) is 2.03. The molecule has 0 fully saturated rings. The molecule has 0 saturated carbocycles. The fourth-order valence-electron chi connectivity index (χ4n) is 1.33. The summed E-state index contributed by atoms with van der Waals surface area (Å²) in [5, 5.41) is 8.41. The van der Waals surface area contributed by atoms with E-state index in [2.05, 4.69) is 11.8 Å². The Morgan fingerprint density at radius 1 is 1.35 bits per heavy atom. The van der Waals surface area contributed by atoms with Gasteiger partial charge in [0.05, 0.1) is 32.3 Å². The van der Waals surface area contributed by atoms with Gasteiger partial charge in [0.1, 0.15) is 6.29 Å². The van der Waals surface area contributed by atoms with Crippen molar-refractivity contribution in [2.45, 2.75) is 6.42 Å². The second-order valence-electron chi connectivity index (χ2n) is 3.06. The molecule has 1 rings (SSSR count). The molecule has 0 spiro atoms. The van der Waals surface area contributed by atoms with Crippen LogP contribution in [0, 0.1) is 23.2 Å². The Bertz CT molecular complexity index is 518. The zero-order valence-corrected chi connectivity index (χ0v) is 9.61. The predicted octanol–water partition coefficient (Wildman–Crippen LogP) is 1.78. The van der Waals surface area contributed by atoms with Gasteiger partial charge in [-0.15, -0.1) is 0 Å². The minimum atomic E-state index is 0.122. The Balaban J connectivity index is 3.31. The maximum absolute atomic E-state index is 10.8. The molecule has 0 saturated heterocycles. The van der Waals surface area contributed by atoms with Gasteiger partial charge in [0.2, 0.25) is 0 Å². The highest BCUT2D eigenvalue weighted by molar-refractivity contribution is 5.78. The number of benzene rings is 1. The van der Waals surface area contributed by atoms with Crippen molar-refractivity contribution in [3.63, 3.8) is 0 Å². The number of carbonyl (C=O) groups excluding carboxylic acids is 1. The van der Waals surface area contributed by atoms with Crippen LogP contribution in [-0.2, 0) is 0 Å². The van der Waals surface area contributed by atoms with Crippen LogP contribution in [0.1, 0.15) is 22.3 Å². The number of nitriles is 1. The topological polar surface area (TPSA) is 59.3 Å². The van der Waals surface area contributed by atoms with Gasteiger partial charge in [-0.2, -0.15) is 5.26 Å². The second kappa shape index (κ2) is 6.19. The minimum absolute atomic E-state index is 0.122. The zero-order chi connectivity index (χ0) is 12.7. The van der Waals surface area contributed by atoms with E-state index in [1.165, 1.54) is 14.2 Å². The molecular weight excluding hydrogens is 218 g/mol. The molecule has 0 atom stereocenters. The van der Waals surface area contributed by atoms with Crippen LogP contribution in [0.15, 0.2) is 12.1 Å². The van der Waals surface area contributed by atoms with Crippen LogP contribution < -0.4 is 9.47 Å². The van der Waals surface area contributed by atoms with E-state index in [4.69, 9.17) is 14.7 Å². The number of ether oxygens (including phenoxy) is 2. The maximum atomic E-state index is 10.8. The van der Waals surface area contributed by atoms with Crippen LogP contribution in [0.4, 0.5) is 0 Å². The largest absolute Gasteiger partial charge is 0.493 e. The van der Waals surface area contributed by atoms with Crippen LogP contribution >= 0.6 is 0 Å². The normalized spacial score (nSPS) is 8.53. The standard InChI is InChI=1S/C13H11NO3/c1-16-12-8-10(9-15)7-11(13(12)17-2)5-3-4-6-14/h7-9H,4H2,1-2H3. The first kappa shape index (κ1) is 12.6. The molecule has 0 aromatic heterocycles. The van der Waals surface area contributed by atoms with Crippen molar-refractivity contribution in [1.82, 2.24) is 0 Å². The molecule has 0 aliphatic rings. The van der Waals surface area contributed by atoms with E-state index < -0.39 is 0 Å². The van der Waals surface area contributed by atoms with Crippen LogP contribution in [0.5, 0.6) is 11.5 Å². The third-order valence-electron chi connectivity index (χ3n) is 2.03. The Kier molecular flexibility index (Phi) is 4.59. The third kappa shape index (κ3) is 2.99. The van der Waals surface area contributed by atoms with E-state index in [-0.39, 0.29) is 6.42 Å². The van der Waals surface area contributed by atoms with E-state index in [1.54, 1.807) is 12.1 Å². The smallest absolute Gasteiger partial charge is 0.176 e. The Morgan fingerprint density at radius 3 is 2.65 bits per heavy atom. The van der Waals surface area contributed by atoms with Crippen molar-refractivity contribution in [3.05, 3.63) is 23.3 Å². The summed E-state index contributed by atoms with van der Waals surface area (Å²) in [7, 11) is 2.98. The summed E-state index contributed by atoms with van der Waals surface area (Å²) >= 11 is 0. The molecule has 0 radical (unpaired) electrons. The lowest BCUT2D eigenvalue weighted by atomic mass is 10.1.